The lowest BCUT2D eigenvalue weighted by Gasteiger charge is -2.40. The molecule has 0 aliphatic carbocycles. The average molecular weight is 447 g/mol. The first-order chi connectivity index (χ1) is 13.1. The highest BCUT2D eigenvalue weighted by atomic mass is 35.5. The van der Waals surface area contributed by atoms with Crippen LogP contribution in [0.2, 0.25) is 0 Å². The van der Waals surface area contributed by atoms with Crippen molar-refractivity contribution < 1.29 is 4.79 Å². The normalized spacial score (nSPS) is 24.6. The number of rotatable bonds is 4. The number of piperidine rings is 2. The molecule has 1 unspecified atom stereocenters. The van der Waals surface area contributed by atoms with Crippen LogP contribution in [0.3, 0.4) is 0 Å². The molecule has 3 aliphatic heterocycles. The molecular formula is C20H36Cl2N6O. The predicted molar refractivity (Wildman–Crippen MR) is 119 cm³/mol. The fourth-order valence-corrected chi connectivity index (χ4v) is 4.96. The number of aromatic nitrogens is 3. The van der Waals surface area contributed by atoms with Crippen molar-refractivity contribution in [3.63, 3.8) is 0 Å². The van der Waals surface area contributed by atoms with E-state index in [9.17, 15) is 4.79 Å². The van der Waals surface area contributed by atoms with Gasteiger partial charge in [-0.05, 0) is 64.7 Å². The van der Waals surface area contributed by atoms with E-state index in [2.05, 4.69) is 43.9 Å². The summed E-state index contributed by atoms with van der Waals surface area (Å²) >= 11 is 0. The Bertz CT molecular complexity index is 670. The smallest absolute Gasteiger partial charge is 0.228 e. The molecule has 0 aromatic carbocycles. The second kappa shape index (κ2) is 10.4. The zero-order valence-corrected chi connectivity index (χ0v) is 19.4. The van der Waals surface area contributed by atoms with E-state index in [4.69, 9.17) is 0 Å². The van der Waals surface area contributed by atoms with E-state index >= 15 is 0 Å². The summed E-state index contributed by atoms with van der Waals surface area (Å²) < 4.78 is 2.18. The minimum Gasteiger partial charge on any atom is -0.341 e. The molecule has 0 spiro atoms. The van der Waals surface area contributed by atoms with Gasteiger partial charge in [-0.3, -0.25) is 9.69 Å². The van der Waals surface area contributed by atoms with Crippen molar-refractivity contribution in [1.29, 1.82) is 0 Å². The molecule has 1 aromatic rings. The number of nitrogens with one attached hydrogen (secondary N) is 1. The number of carbonyl (C=O) groups excluding carboxylic acids is 1. The first-order valence-corrected chi connectivity index (χ1v) is 10.7. The first-order valence-electron chi connectivity index (χ1n) is 10.7. The number of amides is 1. The van der Waals surface area contributed by atoms with Crippen LogP contribution in [0.25, 0.3) is 0 Å². The minimum atomic E-state index is -0.200. The van der Waals surface area contributed by atoms with Crippen LogP contribution in [0.4, 0.5) is 0 Å². The summed E-state index contributed by atoms with van der Waals surface area (Å²) in [5.41, 5.74) is -0.200. The Morgan fingerprint density at radius 3 is 2.48 bits per heavy atom. The Morgan fingerprint density at radius 2 is 1.79 bits per heavy atom. The molecule has 166 valence electrons. The van der Waals surface area contributed by atoms with Crippen molar-refractivity contribution in [2.45, 2.75) is 57.9 Å². The van der Waals surface area contributed by atoms with E-state index < -0.39 is 0 Å². The average Bonchev–Trinajstić information content (AvgIpc) is 3.33. The van der Waals surface area contributed by atoms with Gasteiger partial charge in [-0.15, -0.1) is 35.0 Å². The predicted octanol–water partition coefficient (Wildman–Crippen LogP) is 2.35. The largest absolute Gasteiger partial charge is 0.341 e. The van der Waals surface area contributed by atoms with Gasteiger partial charge in [0.2, 0.25) is 5.91 Å². The Balaban J connectivity index is 0.00000150. The van der Waals surface area contributed by atoms with Crippen molar-refractivity contribution in [2.75, 3.05) is 39.3 Å². The Kier molecular flexibility index (Phi) is 8.76. The van der Waals surface area contributed by atoms with Gasteiger partial charge in [-0.2, -0.15) is 0 Å². The summed E-state index contributed by atoms with van der Waals surface area (Å²) in [6, 6.07) is 0. The van der Waals surface area contributed by atoms with Crippen LogP contribution < -0.4 is 5.32 Å². The van der Waals surface area contributed by atoms with Gasteiger partial charge in [-0.1, -0.05) is 6.92 Å². The van der Waals surface area contributed by atoms with E-state index in [1.54, 1.807) is 0 Å². The minimum absolute atomic E-state index is 0. The van der Waals surface area contributed by atoms with Crippen molar-refractivity contribution in [3.05, 3.63) is 11.6 Å². The van der Waals surface area contributed by atoms with Crippen LogP contribution in [-0.4, -0.2) is 69.7 Å². The maximum Gasteiger partial charge on any atom is 0.228 e. The van der Waals surface area contributed by atoms with Crippen LogP contribution in [0.1, 0.15) is 63.0 Å². The molecule has 1 aromatic heterocycles. The van der Waals surface area contributed by atoms with Gasteiger partial charge in [0.25, 0.3) is 0 Å². The Morgan fingerprint density at radius 1 is 1.10 bits per heavy atom. The van der Waals surface area contributed by atoms with Crippen LogP contribution in [0.15, 0.2) is 0 Å². The molecule has 1 atom stereocenters. The summed E-state index contributed by atoms with van der Waals surface area (Å²) in [7, 11) is 2.09. The summed E-state index contributed by atoms with van der Waals surface area (Å²) in [6.45, 7) is 8.95. The summed E-state index contributed by atoms with van der Waals surface area (Å²) in [5, 5.41) is 12.4. The zero-order valence-electron chi connectivity index (χ0n) is 17.7. The summed E-state index contributed by atoms with van der Waals surface area (Å²) in [5.74, 6) is 2.75. The van der Waals surface area contributed by atoms with Gasteiger partial charge in [-0.25, -0.2) is 0 Å². The quantitative estimate of drug-likeness (QED) is 0.768. The SMILES string of the molecule is Cl.Cl.Cn1c(CN2CCCC2)nnc1C1CCCN(C(=O)C2(C)CCNCC2)C1. The van der Waals surface area contributed by atoms with Crippen molar-refractivity contribution >= 4 is 30.7 Å². The first kappa shape index (κ1) is 24.4. The number of hydrogen-bond acceptors (Lipinski definition) is 5. The Hall–Kier alpha value is -0.890. The number of hydrogen-bond donors (Lipinski definition) is 1. The summed E-state index contributed by atoms with van der Waals surface area (Å²) in [6.07, 6.45) is 6.61. The molecule has 0 bridgehead atoms. The van der Waals surface area contributed by atoms with E-state index in [1.807, 2.05) is 0 Å². The molecule has 3 fully saturated rings. The maximum atomic E-state index is 13.2. The third-order valence-electron chi connectivity index (χ3n) is 6.86. The van der Waals surface area contributed by atoms with Crippen LogP contribution in [0.5, 0.6) is 0 Å². The summed E-state index contributed by atoms with van der Waals surface area (Å²) in [4.78, 5) is 17.8. The number of carbonyl (C=O) groups is 1. The lowest BCUT2D eigenvalue weighted by atomic mass is 9.79. The third-order valence-corrected chi connectivity index (χ3v) is 6.86. The standard InChI is InChI=1S/C20H34N6O.2ClH/c1-20(7-9-21-10-8-20)19(27)26-13-5-6-16(14-26)18-23-22-17(24(18)2)15-25-11-3-4-12-25;;/h16,21H,3-15H2,1-2H3;2*1H. The lowest BCUT2D eigenvalue weighted by Crippen LogP contribution is -2.50. The van der Waals surface area contributed by atoms with Gasteiger partial charge in [0.1, 0.15) is 11.6 Å². The highest BCUT2D eigenvalue weighted by Gasteiger charge is 2.39. The van der Waals surface area contributed by atoms with E-state index in [0.29, 0.717) is 11.8 Å². The zero-order chi connectivity index (χ0) is 18.9. The molecular weight excluding hydrogens is 411 g/mol. The van der Waals surface area contributed by atoms with Crippen LogP contribution >= 0.6 is 24.8 Å². The second-order valence-electron chi connectivity index (χ2n) is 8.92. The topological polar surface area (TPSA) is 66.3 Å². The second-order valence-corrected chi connectivity index (χ2v) is 8.92. The van der Waals surface area contributed by atoms with Crippen molar-refractivity contribution in [3.8, 4) is 0 Å². The van der Waals surface area contributed by atoms with Crippen molar-refractivity contribution in [2.24, 2.45) is 12.5 Å². The molecule has 7 nitrogen and oxygen atoms in total. The van der Waals surface area contributed by atoms with Gasteiger partial charge >= 0.3 is 0 Å². The number of nitrogens with zero attached hydrogens (tertiary/aromatic N) is 5. The molecule has 1 N–H and O–H groups in total. The monoisotopic (exact) mass is 446 g/mol. The molecule has 4 heterocycles. The van der Waals surface area contributed by atoms with E-state index in [-0.39, 0.29) is 30.2 Å². The highest BCUT2D eigenvalue weighted by Crippen LogP contribution is 2.34. The molecule has 4 rings (SSSR count). The van der Waals surface area contributed by atoms with Gasteiger partial charge in [0.05, 0.1) is 6.54 Å². The molecule has 0 radical (unpaired) electrons. The van der Waals surface area contributed by atoms with E-state index in [1.165, 1.54) is 25.9 Å². The van der Waals surface area contributed by atoms with Crippen molar-refractivity contribution in [1.82, 2.24) is 29.9 Å². The van der Waals surface area contributed by atoms with Crippen LogP contribution in [0, 0.1) is 5.41 Å². The fraction of sp³-hybridized carbons (Fsp3) is 0.850. The molecule has 9 heteroatoms. The van der Waals surface area contributed by atoms with Gasteiger partial charge in [0.15, 0.2) is 0 Å². The molecule has 3 saturated heterocycles. The molecule has 1 amide bonds. The van der Waals surface area contributed by atoms with Gasteiger partial charge < -0.3 is 14.8 Å². The molecule has 29 heavy (non-hydrogen) atoms. The third kappa shape index (κ3) is 5.24. The van der Waals surface area contributed by atoms with Gasteiger partial charge in [0, 0.05) is 31.5 Å². The number of halogens is 2. The fourth-order valence-electron chi connectivity index (χ4n) is 4.96. The lowest BCUT2D eigenvalue weighted by molar-refractivity contribution is -0.144. The van der Waals surface area contributed by atoms with E-state index in [0.717, 1.165) is 70.1 Å². The molecule has 3 aliphatic rings. The maximum absolute atomic E-state index is 13.2. The highest BCUT2D eigenvalue weighted by molar-refractivity contribution is 5.85. The Labute approximate surface area is 186 Å². The molecule has 0 saturated carbocycles. The van der Waals surface area contributed by atoms with Crippen LogP contribution in [-0.2, 0) is 18.4 Å². The number of likely N-dealkylation sites (tertiary alicyclic amines) is 2.